The zero-order chi connectivity index (χ0) is 15.5. The molecule has 1 fully saturated rings. The van der Waals surface area contributed by atoms with Crippen molar-refractivity contribution in [1.82, 2.24) is 15.3 Å². The number of amides is 1. The Balaban J connectivity index is 0.00000192. The maximum absolute atomic E-state index is 12.3. The van der Waals surface area contributed by atoms with Crippen LogP contribution in [-0.2, 0) is 6.42 Å². The van der Waals surface area contributed by atoms with Gasteiger partial charge in [0.2, 0.25) is 0 Å². The van der Waals surface area contributed by atoms with E-state index in [0.29, 0.717) is 17.2 Å². The van der Waals surface area contributed by atoms with Crippen LogP contribution < -0.4 is 10.6 Å². The molecule has 0 aliphatic carbocycles. The van der Waals surface area contributed by atoms with Crippen LogP contribution in [0, 0.1) is 19.8 Å². The molecule has 1 amide bonds. The van der Waals surface area contributed by atoms with Gasteiger partial charge in [0.1, 0.15) is 5.76 Å². The van der Waals surface area contributed by atoms with Crippen LogP contribution in [0.2, 0.25) is 0 Å². The number of carbonyl (C=O) groups excluding carboxylic acids is 1. The number of hydrogen-bond donors (Lipinski definition) is 2. The second-order valence-corrected chi connectivity index (χ2v) is 5.76. The van der Waals surface area contributed by atoms with Crippen LogP contribution in [0.4, 0.5) is 6.01 Å². The van der Waals surface area contributed by atoms with Gasteiger partial charge in [0.25, 0.3) is 5.91 Å². The summed E-state index contributed by atoms with van der Waals surface area (Å²) in [5, 5.41) is 6.02. The summed E-state index contributed by atoms with van der Waals surface area (Å²) < 4.78 is 5.37. The van der Waals surface area contributed by atoms with Crippen LogP contribution in [0.5, 0.6) is 0 Å². The van der Waals surface area contributed by atoms with E-state index < -0.39 is 0 Å². The van der Waals surface area contributed by atoms with Crippen molar-refractivity contribution >= 4 is 24.3 Å². The number of oxazole rings is 1. The lowest BCUT2D eigenvalue weighted by atomic mass is 9.99. The number of carbonyl (C=O) groups is 1. The number of nitrogens with zero attached hydrogens (tertiary/aromatic N) is 2. The van der Waals surface area contributed by atoms with Crippen molar-refractivity contribution < 1.29 is 9.21 Å². The smallest absolute Gasteiger partial charge is 0.302 e. The van der Waals surface area contributed by atoms with E-state index >= 15 is 0 Å². The Morgan fingerprint density at radius 1 is 1.43 bits per heavy atom. The summed E-state index contributed by atoms with van der Waals surface area (Å²) in [6.45, 7) is 5.76. The predicted molar refractivity (Wildman–Crippen MR) is 90.1 cm³/mol. The van der Waals surface area contributed by atoms with Gasteiger partial charge in [-0.2, -0.15) is 4.98 Å². The zero-order valence-electron chi connectivity index (χ0n) is 13.3. The topological polar surface area (TPSA) is 80.0 Å². The van der Waals surface area contributed by atoms with Gasteiger partial charge < -0.3 is 9.73 Å². The van der Waals surface area contributed by atoms with Crippen molar-refractivity contribution in [2.45, 2.75) is 26.7 Å². The number of nitrogens with one attached hydrogen (secondary N) is 2. The fraction of sp³-hybridized carbons (Fsp3) is 0.438. The summed E-state index contributed by atoms with van der Waals surface area (Å²) in [7, 11) is 0. The number of halogens is 1. The fourth-order valence-corrected chi connectivity index (χ4v) is 2.64. The monoisotopic (exact) mass is 336 g/mol. The van der Waals surface area contributed by atoms with E-state index in [9.17, 15) is 4.79 Å². The van der Waals surface area contributed by atoms with E-state index in [-0.39, 0.29) is 24.3 Å². The van der Waals surface area contributed by atoms with Crippen LogP contribution in [0.25, 0.3) is 0 Å². The van der Waals surface area contributed by atoms with Crippen molar-refractivity contribution in [2.75, 3.05) is 18.4 Å². The highest BCUT2D eigenvalue weighted by atomic mass is 35.5. The van der Waals surface area contributed by atoms with Gasteiger partial charge in [-0.05, 0) is 57.3 Å². The molecule has 0 radical (unpaired) electrons. The molecule has 0 aromatic carbocycles. The summed E-state index contributed by atoms with van der Waals surface area (Å²) in [5.41, 5.74) is 2.38. The molecule has 0 bridgehead atoms. The van der Waals surface area contributed by atoms with E-state index in [1.165, 1.54) is 6.42 Å². The largest absolute Gasteiger partial charge is 0.428 e. The molecule has 0 spiro atoms. The van der Waals surface area contributed by atoms with Gasteiger partial charge in [0.15, 0.2) is 0 Å². The Hall–Kier alpha value is -1.92. The number of aryl methyl sites for hydroxylation is 2. The fourth-order valence-electron chi connectivity index (χ4n) is 2.64. The number of rotatable bonds is 4. The van der Waals surface area contributed by atoms with E-state index in [1.54, 1.807) is 6.20 Å². The molecule has 23 heavy (non-hydrogen) atoms. The van der Waals surface area contributed by atoms with Crippen LogP contribution >= 0.6 is 12.4 Å². The molecule has 1 unspecified atom stereocenters. The molecule has 1 atom stereocenters. The van der Waals surface area contributed by atoms with E-state index in [2.05, 4.69) is 20.6 Å². The Kier molecular flexibility index (Phi) is 5.74. The molecule has 2 N–H and O–H groups in total. The van der Waals surface area contributed by atoms with Crippen molar-refractivity contribution in [1.29, 1.82) is 0 Å². The molecule has 3 rings (SSSR count). The summed E-state index contributed by atoms with van der Waals surface area (Å²) in [6, 6.07) is 2.12. The van der Waals surface area contributed by atoms with E-state index in [4.69, 9.17) is 4.42 Å². The normalized spacial score (nSPS) is 16.9. The van der Waals surface area contributed by atoms with Crippen molar-refractivity contribution in [3.05, 3.63) is 41.0 Å². The van der Waals surface area contributed by atoms with Gasteiger partial charge in [-0.1, -0.05) is 0 Å². The van der Waals surface area contributed by atoms with Crippen LogP contribution in [0.1, 0.15) is 33.8 Å². The Morgan fingerprint density at radius 2 is 2.26 bits per heavy atom. The first-order chi connectivity index (χ1) is 10.6. The lowest BCUT2D eigenvalue weighted by Crippen LogP contribution is -2.14. The van der Waals surface area contributed by atoms with Gasteiger partial charge in [0.05, 0.1) is 11.3 Å². The highest BCUT2D eigenvalue weighted by Gasteiger charge is 2.17. The van der Waals surface area contributed by atoms with Gasteiger partial charge in [-0.3, -0.25) is 15.1 Å². The number of hydrogen-bond acceptors (Lipinski definition) is 5. The summed E-state index contributed by atoms with van der Waals surface area (Å²) in [6.07, 6.45) is 5.51. The molecule has 3 heterocycles. The van der Waals surface area contributed by atoms with Crippen LogP contribution in [0.15, 0.2) is 22.9 Å². The van der Waals surface area contributed by atoms with Crippen molar-refractivity contribution in [3.8, 4) is 0 Å². The predicted octanol–water partition coefficient (Wildman–Crippen LogP) is 2.51. The lowest BCUT2D eigenvalue weighted by Gasteiger charge is -2.09. The lowest BCUT2D eigenvalue weighted by molar-refractivity contribution is 0.102. The van der Waals surface area contributed by atoms with E-state index in [0.717, 1.165) is 30.8 Å². The third kappa shape index (κ3) is 4.30. The summed E-state index contributed by atoms with van der Waals surface area (Å²) in [4.78, 5) is 20.6. The maximum Gasteiger partial charge on any atom is 0.302 e. The number of pyridine rings is 1. The first-order valence-corrected chi connectivity index (χ1v) is 7.52. The zero-order valence-corrected chi connectivity index (χ0v) is 14.1. The van der Waals surface area contributed by atoms with Gasteiger partial charge >= 0.3 is 6.01 Å². The highest BCUT2D eigenvalue weighted by Crippen LogP contribution is 2.17. The first-order valence-electron chi connectivity index (χ1n) is 7.52. The molecule has 1 aliphatic heterocycles. The molecule has 7 heteroatoms. The molecule has 6 nitrogen and oxygen atoms in total. The Morgan fingerprint density at radius 3 is 2.91 bits per heavy atom. The Labute approximate surface area is 141 Å². The standard InChI is InChI=1S/C16H20N4O2.ClH/c1-10-11(2)22-16(19-10)20-15(21)14-6-13(8-18-9-14)5-12-3-4-17-7-12;/h6,8-9,12,17H,3-5,7H2,1-2H3,(H,19,20,21);1H. The summed E-state index contributed by atoms with van der Waals surface area (Å²) in [5.74, 6) is 1.08. The molecular weight excluding hydrogens is 316 g/mol. The third-order valence-electron chi connectivity index (χ3n) is 3.99. The highest BCUT2D eigenvalue weighted by molar-refractivity contribution is 6.03. The average molecular weight is 337 g/mol. The van der Waals surface area contributed by atoms with Crippen LogP contribution in [-0.4, -0.2) is 29.0 Å². The molecule has 2 aromatic rings. The second kappa shape index (κ2) is 7.57. The van der Waals surface area contributed by atoms with Crippen molar-refractivity contribution in [2.24, 2.45) is 5.92 Å². The molecular formula is C16H21ClN4O2. The summed E-state index contributed by atoms with van der Waals surface area (Å²) >= 11 is 0. The van der Waals surface area contributed by atoms with Crippen molar-refractivity contribution in [3.63, 3.8) is 0 Å². The number of anilines is 1. The number of aromatic nitrogens is 2. The molecule has 0 saturated carbocycles. The van der Waals surface area contributed by atoms with E-state index in [1.807, 2.05) is 26.1 Å². The molecule has 1 aliphatic rings. The maximum atomic E-state index is 12.3. The minimum atomic E-state index is -0.250. The van der Waals surface area contributed by atoms with Gasteiger partial charge in [-0.15, -0.1) is 12.4 Å². The molecule has 124 valence electrons. The quantitative estimate of drug-likeness (QED) is 0.896. The molecule has 2 aromatic heterocycles. The average Bonchev–Trinajstić information content (AvgIpc) is 3.10. The third-order valence-corrected chi connectivity index (χ3v) is 3.99. The van der Waals surface area contributed by atoms with Gasteiger partial charge in [0, 0.05) is 12.4 Å². The second-order valence-electron chi connectivity index (χ2n) is 5.76. The minimum absolute atomic E-state index is 0. The minimum Gasteiger partial charge on any atom is -0.428 e. The SMILES string of the molecule is Cc1nc(NC(=O)c2cncc(CC3CCNC3)c2)oc1C.Cl. The first kappa shape index (κ1) is 17.4. The Bertz CT molecular complexity index is 661. The van der Waals surface area contributed by atoms with Gasteiger partial charge in [-0.25, -0.2) is 0 Å². The van der Waals surface area contributed by atoms with Crippen LogP contribution in [0.3, 0.4) is 0 Å². The molecule has 1 saturated heterocycles.